The number of benzene rings is 2. The molecule has 0 saturated carbocycles. The molecule has 3 rings (SSSR count). The molecule has 1 heterocycles. The molecular weight excluding hydrogens is 987 g/mol. The average Bonchev–Trinajstić information content (AvgIpc) is 3.74. The molecule has 0 N–H and O–H groups in total. The van der Waals surface area contributed by atoms with Crippen LogP contribution in [0.2, 0.25) is 0 Å². The van der Waals surface area contributed by atoms with Gasteiger partial charge in [-0.25, -0.2) is 4.70 Å². The summed E-state index contributed by atoms with van der Waals surface area (Å²) < 4.78 is 1.47. The summed E-state index contributed by atoms with van der Waals surface area (Å²) >= 11 is 0. The second-order valence-electron chi connectivity index (χ2n) is 22.5. The van der Waals surface area contributed by atoms with Gasteiger partial charge in [0.15, 0.2) is 0 Å². The molecule has 0 fully saturated rings. The maximum atomic E-state index is 11.5. The molecule has 0 spiro atoms. The summed E-state index contributed by atoms with van der Waals surface area (Å²) in [5, 5.41) is 0. The number of rotatable bonds is 48. The number of allylic oxidation sites excluding steroid dienone is 2. The summed E-state index contributed by atoms with van der Waals surface area (Å²) in [6.45, 7) is 19.1. The van der Waals surface area contributed by atoms with Gasteiger partial charge in [-0.1, -0.05) is 316 Å². The molecule has 0 amide bonds. The van der Waals surface area contributed by atoms with E-state index in [4.69, 9.17) is 0 Å². The molecule has 1 aliphatic heterocycles. The van der Waals surface area contributed by atoms with E-state index in [-0.39, 0.29) is 20.4 Å². The van der Waals surface area contributed by atoms with Gasteiger partial charge >= 0.3 is 20.4 Å². The van der Waals surface area contributed by atoms with Crippen molar-refractivity contribution >= 4 is 11.4 Å². The molecule has 2 aromatic carbocycles. The molecule has 428 valence electrons. The topological polar surface area (TPSA) is 25.3 Å². The Morgan fingerprint density at radius 1 is 0.338 bits per heavy atom. The number of hydrogen-bond acceptors (Lipinski definition) is 0. The number of aryl methyl sites for hydroxylation is 2. The van der Waals surface area contributed by atoms with Gasteiger partial charge in [-0.15, -0.1) is 0 Å². The van der Waals surface area contributed by atoms with E-state index in [1.54, 1.807) is 0 Å². The zero-order valence-corrected chi connectivity index (χ0v) is 51.8. The minimum absolute atomic E-state index is 0. The van der Waals surface area contributed by atoms with Gasteiger partial charge in [-0.05, 0) is 73.9 Å². The van der Waals surface area contributed by atoms with Crippen molar-refractivity contribution in [2.24, 2.45) is 0 Å². The van der Waals surface area contributed by atoms with E-state index in [2.05, 4.69) is 103 Å². The summed E-state index contributed by atoms with van der Waals surface area (Å²) in [5.74, 6) is 0. The van der Waals surface area contributed by atoms with E-state index in [0.29, 0.717) is 0 Å². The van der Waals surface area contributed by atoms with E-state index in [1.807, 2.05) is 0 Å². The van der Waals surface area contributed by atoms with Crippen molar-refractivity contribution < 1.29 is 25.1 Å². The molecule has 1 aliphatic rings. The van der Waals surface area contributed by atoms with Crippen LogP contribution in [0.1, 0.15) is 352 Å². The van der Waals surface area contributed by atoms with Crippen molar-refractivity contribution in [3.8, 4) is 0 Å². The molecule has 74 heavy (non-hydrogen) atoms. The summed E-state index contributed by atoms with van der Waals surface area (Å²) in [6, 6.07) is 17.6. The van der Waals surface area contributed by atoms with Crippen LogP contribution < -0.4 is 0 Å². The average molecular weight is 1110 g/mol. The van der Waals surface area contributed by atoms with Gasteiger partial charge in [0.2, 0.25) is 11.4 Å². The largest absolute Gasteiger partial charge is 2.00 e. The van der Waals surface area contributed by atoms with Crippen molar-refractivity contribution in [1.29, 1.82) is 0 Å². The second-order valence-corrected chi connectivity index (χ2v) is 22.5. The van der Waals surface area contributed by atoms with E-state index < -0.39 is 0 Å². The first kappa shape index (κ1) is 72.2. The first-order valence-electron chi connectivity index (χ1n) is 32.7. The van der Waals surface area contributed by atoms with Crippen LogP contribution in [-0.4, -0.2) is 4.70 Å². The Labute approximate surface area is 478 Å². The summed E-state index contributed by atoms with van der Waals surface area (Å²) in [7, 11) is 0. The maximum absolute atomic E-state index is 11.5. The normalized spacial score (nSPS) is 12.1. The Balaban J connectivity index is 0.00000117. The third-order valence-electron chi connectivity index (χ3n) is 15.4. The third-order valence-corrected chi connectivity index (χ3v) is 15.4. The fourth-order valence-corrected chi connectivity index (χ4v) is 10.5. The zero-order valence-electron chi connectivity index (χ0n) is 50.3. The minimum atomic E-state index is 0. The molecule has 2 nitrogen and oxygen atoms in total. The molecule has 2 aromatic rings. The van der Waals surface area contributed by atoms with Crippen LogP contribution in [0, 0.1) is 13.8 Å². The molecule has 0 saturated heterocycles. The maximum Gasteiger partial charge on any atom is 2.00 e. The number of hydrogen-bond donors (Lipinski definition) is 0. The monoisotopic (exact) mass is 1110 g/mol. The van der Waals surface area contributed by atoms with Crippen LogP contribution in [0.3, 0.4) is 0 Å². The summed E-state index contributed by atoms with van der Waals surface area (Å²) in [5.41, 5.74) is 19.6. The molecule has 0 aliphatic carbocycles. The Bertz CT molecular complexity index is 1500. The zero-order chi connectivity index (χ0) is 52.9. The first-order valence-corrected chi connectivity index (χ1v) is 32.7. The Morgan fingerprint density at radius 3 is 0.986 bits per heavy atom. The minimum Gasteiger partial charge on any atom is -0.493 e. The Kier molecular flexibility index (Phi) is 54.5. The summed E-state index contributed by atoms with van der Waals surface area (Å²) in [4.78, 5) is 0. The standard InChI is InChI=1S/C33H46N2.2C19H39.Pd/c1-4-7-10-11-12-14-21-31-26-32(29-22-15-19-27(24-29)17-9-6-3)35(34)33(31)30-23-16-20-28(25-30)18-13-8-5-2;2*1-3-5-7-9-11-13-15-17-19-18-16-14-12-10-8-6-4-2;/h15-16,19-20,22-26H,4-14,17-18,21H2,1-3H3;2*1,3-19H2,2H3;/q;2*-1;+2. The van der Waals surface area contributed by atoms with Gasteiger partial charge in [-0.2, -0.15) is 12.8 Å². The van der Waals surface area contributed by atoms with Gasteiger partial charge in [0.05, 0.1) is 0 Å². The van der Waals surface area contributed by atoms with E-state index in [1.165, 1.54) is 297 Å². The number of unbranched alkanes of at least 4 members (excludes halogenated alkanes) is 40. The Morgan fingerprint density at radius 2 is 0.622 bits per heavy atom. The fourth-order valence-electron chi connectivity index (χ4n) is 10.5. The van der Waals surface area contributed by atoms with Gasteiger partial charge in [0.25, 0.3) is 0 Å². The second kappa shape index (κ2) is 55.9. The molecule has 0 aromatic heterocycles. The molecule has 0 atom stereocenters. The van der Waals surface area contributed by atoms with Gasteiger partial charge in [-0.3, -0.25) is 0 Å². The predicted molar refractivity (Wildman–Crippen MR) is 330 cm³/mol. The predicted octanol–water partition coefficient (Wildman–Crippen LogP) is 25.3. The van der Waals surface area contributed by atoms with Crippen LogP contribution in [0.5, 0.6) is 0 Å². The van der Waals surface area contributed by atoms with E-state index >= 15 is 0 Å². The smallest absolute Gasteiger partial charge is 0.493 e. The molecule has 0 unspecified atom stereocenters. The fraction of sp³-hybridized carbons (Fsp3) is 0.746. The SMILES string of the molecule is CCCCCCCCC1=C(c2cccc(CCCCC)c2)[N+](=[N-])C(c2cccc(CCCC)c2)=C1.[CH2-]CCCCCCCCCCCCCCCCCC.[CH2-]CCCCCCCCCCCCCCCCCC.[Pd+2]. The quantitative estimate of drug-likeness (QED) is 0.0273. The van der Waals surface area contributed by atoms with Gasteiger partial charge in [0.1, 0.15) is 0 Å². The molecule has 0 radical (unpaired) electrons. The molecule has 3 heteroatoms. The van der Waals surface area contributed by atoms with Gasteiger partial charge < -0.3 is 19.4 Å². The van der Waals surface area contributed by atoms with E-state index in [9.17, 15) is 5.53 Å². The van der Waals surface area contributed by atoms with Crippen molar-refractivity contribution in [3.63, 3.8) is 0 Å². The van der Waals surface area contributed by atoms with Crippen molar-refractivity contribution in [1.82, 2.24) is 0 Å². The summed E-state index contributed by atoms with van der Waals surface area (Å²) in [6.07, 6.45) is 67.9. The van der Waals surface area contributed by atoms with Crippen LogP contribution in [0.15, 0.2) is 60.2 Å². The van der Waals surface area contributed by atoms with Crippen molar-refractivity contribution in [2.45, 2.75) is 343 Å². The number of nitrogens with zero attached hydrogens (tertiary/aromatic N) is 2. The van der Waals surface area contributed by atoms with Crippen molar-refractivity contribution in [2.75, 3.05) is 0 Å². The van der Waals surface area contributed by atoms with E-state index in [0.717, 1.165) is 54.6 Å². The third kappa shape index (κ3) is 40.4. The van der Waals surface area contributed by atoms with Crippen LogP contribution in [-0.2, 0) is 33.3 Å². The molecular formula is C71H124N2Pd. The first-order chi connectivity index (χ1) is 36.0. The van der Waals surface area contributed by atoms with Crippen LogP contribution in [0.25, 0.3) is 16.9 Å². The van der Waals surface area contributed by atoms with Gasteiger partial charge in [0, 0.05) is 22.8 Å². The van der Waals surface area contributed by atoms with Crippen LogP contribution >= 0.6 is 0 Å². The van der Waals surface area contributed by atoms with Crippen LogP contribution in [0.4, 0.5) is 0 Å². The van der Waals surface area contributed by atoms with Crippen molar-refractivity contribution in [3.05, 3.63) is 102 Å². The Hall–Kier alpha value is -1.82. The molecule has 0 bridgehead atoms.